The molecule has 0 unspecified atom stereocenters. The Labute approximate surface area is 143 Å². The normalized spacial score (nSPS) is 11.0. The van der Waals surface area contributed by atoms with Crippen LogP contribution in [0.4, 0.5) is 0 Å². The first-order chi connectivity index (χ1) is 11.5. The highest BCUT2D eigenvalue weighted by molar-refractivity contribution is 7.09. The van der Waals surface area contributed by atoms with Gasteiger partial charge in [-0.25, -0.2) is 9.78 Å². The van der Waals surface area contributed by atoms with Gasteiger partial charge in [-0.15, -0.1) is 11.3 Å². The third-order valence-electron chi connectivity index (χ3n) is 3.93. The smallest absolute Gasteiger partial charge is 0.349 e. The highest BCUT2D eigenvalue weighted by Crippen LogP contribution is 2.20. The van der Waals surface area contributed by atoms with E-state index in [-0.39, 0.29) is 11.5 Å². The number of hydrogen-bond acceptors (Lipinski definition) is 5. The van der Waals surface area contributed by atoms with Crippen molar-refractivity contribution < 1.29 is 9.21 Å². The topological polar surface area (TPSA) is 63.4 Å². The van der Waals surface area contributed by atoms with Crippen LogP contribution in [0.5, 0.6) is 0 Å². The van der Waals surface area contributed by atoms with Gasteiger partial charge in [0.1, 0.15) is 11.1 Å². The maximum absolute atomic E-state index is 12.8. The third kappa shape index (κ3) is 2.97. The summed E-state index contributed by atoms with van der Waals surface area (Å²) in [6.45, 7) is 4.18. The summed E-state index contributed by atoms with van der Waals surface area (Å²) in [5.74, 6) is -0.349. The van der Waals surface area contributed by atoms with Crippen LogP contribution in [-0.2, 0) is 13.0 Å². The van der Waals surface area contributed by atoms with Crippen molar-refractivity contribution in [3.8, 4) is 0 Å². The van der Waals surface area contributed by atoms with Gasteiger partial charge in [0.2, 0.25) is 0 Å². The van der Waals surface area contributed by atoms with Crippen molar-refractivity contribution in [1.29, 1.82) is 0 Å². The molecule has 0 saturated heterocycles. The lowest BCUT2D eigenvalue weighted by molar-refractivity contribution is 0.0779. The van der Waals surface area contributed by atoms with Crippen LogP contribution in [-0.4, -0.2) is 22.8 Å². The summed E-state index contributed by atoms with van der Waals surface area (Å²) in [7, 11) is 1.67. The summed E-state index contributed by atoms with van der Waals surface area (Å²) in [5, 5.41) is 3.75. The Morgan fingerprint density at radius 1 is 1.33 bits per heavy atom. The number of fused-ring (bicyclic) bond motifs is 1. The molecule has 2 heterocycles. The highest BCUT2D eigenvalue weighted by atomic mass is 32.1. The van der Waals surface area contributed by atoms with Crippen LogP contribution in [0.25, 0.3) is 11.0 Å². The average Bonchev–Trinajstić information content (AvgIpc) is 3.02. The number of benzene rings is 1. The Morgan fingerprint density at radius 3 is 2.79 bits per heavy atom. The molecular weight excluding hydrogens is 324 g/mol. The zero-order valence-corrected chi connectivity index (χ0v) is 14.6. The van der Waals surface area contributed by atoms with E-state index in [1.54, 1.807) is 37.4 Å². The molecule has 124 valence electrons. The summed E-state index contributed by atoms with van der Waals surface area (Å²) in [4.78, 5) is 31.0. The Bertz CT molecular complexity index is 958. The number of hydrogen-bond donors (Lipinski definition) is 0. The fourth-order valence-electron chi connectivity index (χ4n) is 2.64. The maximum Gasteiger partial charge on any atom is 0.349 e. The first-order valence-corrected chi connectivity index (χ1v) is 8.60. The Balaban J connectivity index is 1.94. The van der Waals surface area contributed by atoms with Gasteiger partial charge >= 0.3 is 5.63 Å². The Kier molecular flexibility index (Phi) is 4.49. The Hall–Kier alpha value is -2.47. The van der Waals surface area contributed by atoms with Crippen LogP contribution in [0.1, 0.15) is 33.5 Å². The van der Waals surface area contributed by atoms with Gasteiger partial charge in [-0.3, -0.25) is 4.79 Å². The van der Waals surface area contributed by atoms with E-state index in [0.29, 0.717) is 17.7 Å². The number of para-hydroxylation sites is 1. The van der Waals surface area contributed by atoms with Crippen LogP contribution >= 0.6 is 11.3 Å². The molecular formula is C18H18N2O3S. The first kappa shape index (κ1) is 16.4. The van der Waals surface area contributed by atoms with Crippen LogP contribution < -0.4 is 5.63 Å². The Morgan fingerprint density at radius 2 is 2.08 bits per heavy atom. The van der Waals surface area contributed by atoms with Crippen LogP contribution in [0, 0.1) is 6.92 Å². The van der Waals surface area contributed by atoms with Crippen molar-refractivity contribution >= 4 is 28.2 Å². The van der Waals surface area contributed by atoms with Gasteiger partial charge in [0, 0.05) is 17.8 Å². The lowest BCUT2D eigenvalue weighted by Gasteiger charge is -2.17. The van der Waals surface area contributed by atoms with Crippen molar-refractivity contribution in [2.75, 3.05) is 7.05 Å². The SMILES string of the molecule is CCc1nc(CN(C)C(=O)c2c(C)c3ccccc3oc2=O)cs1. The van der Waals surface area contributed by atoms with Crippen molar-refractivity contribution in [1.82, 2.24) is 9.88 Å². The molecule has 3 rings (SSSR count). The second-order valence-corrected chi connectivity index (χ2v) is 6.58. The van der Waals surface area contributed by atoms with E-state index in [0.717, 1.165) is 22.5 Å². The lowest BCUT2D eigenvalue weighted by atomic mass is 10.1. The average molecular weight is 342 g/mol. The first-order valence-electron chi connectivity index (χ1n) is 7.72. The van der Waals surface area contributed by atoms with E-state index in [1.807, 2.05) is 24.4 Å². The minimum atomic E-state index is -0.601. The van der Waals surface area contributed by atoms with Crippen LogP contribution in [0.2, 0.25) is 0 Å². The summed E-state index contributed by atoms with van der Waals surface area (Å²) in [5.41, 5.74) is 1.45. The predicted octanol–water partition coefficient (Wildman–Crippen LogP) is 3.39. The van der Waals surface area contributed by atoms with E-state index in [9.17, 15) is 9.59 Å². The van der Waals surface area contributed by atoms with Gasteiger partial charge in [0.25, 0.3) is 5.91 Å². The number of carbonyl (C=O) groups excluding carboxylic acids is 1. The maximum atomic E-state index is 12.8. The molecule has 0 atom stereocenters. The van der Waals surface area contributed by atoms with Gasteiger partial charge in [-0.2, -0.15) is 0 Å². The fraction of sp³-hybridized carbons (Fsp3) is 0.278. The molecule has 0 N–H and O–H groups in total. The molecule has 1 aromatic carbocycles. The molecule has 5 nitrogen and oxygen atoms in total. The van der Waals surface area contributed by atoms with E-state index in [1.165, 1.54) is 4.90 Å². The molecule has 6 heteroatoms. The number of aryl methyl sites for hydroxylation is 2. The van der Waals surface area contributed by atoms with Gasteiger partial charge < -0.3 is 9.32 Å². The molecule has 0 aliphatic carbocycles. The van der Waals surface area contributed by atoms with Gasteiger partial charge in [0.05, 0.1) is 17.2 Å². The minimum Gasteiger partial charge on any atom is -0.422 e. The van der Waals surface area contributed by atoms with Crippen molar-refractivity contribution in [2.24, 2.45) is 0 Å². The molecule has 3 aromatic rings. The highest BCUT2D eigenvalue weighted by Gasteiger charge is 2.22. The molecule has 0 aliphatic heterocycles. The minimum absolute atomic E-state index is 0.0853. The zero-order chi connectivity index (χ0) is 17.3. The second-order valence-electron chi connectivity index (χ2n) is 5.63. The van der Waals surface area contributed by atoms with Crippen molar-refractivity contribution in [3.05, 3.63) is 61.9 Å². The lowest BCUT2D eigenvalue weighted by Crippen LogP contribution is -2.31. The number of nitrogens with zero attached hydrogens (tertiary/aromatic N) is 2. The van der Waals surface area contributed by atoms with E-state index < -0.39 is 5.63 Å². The zero-order valence-electron chi connectivity index (χ0n) is 13.8. The molecule has 0 radical (unpaired) electrons. The summed E-state index contributed by atoms with van der Waals surface area (Å²) >= 11 is 1.58. The predicted molar refractivity (Wildman–Crippen MR) is 94.5 cm³/mol. The standard InChI is InChI=1S/C18H18N2O3S/c1-4-15-19-12(10-24-15)9-20(3)17(21)16-11(2)13-7-5-6-8-14(13)23-18(16)22/h5-8,10H,4,9H2,1-3H3. The third-order valence-corrected chi connectivity index (χ3v) is 4.98. The van der Waals surface area contributed by atoms with E-state index in [4.69, 9.17) is 4.42 Å². The number of thiazole rings is 1. The van der Waals surface area contributed by atoms with Crippen LogP contribution in [0.3, 0.4) is 0 Å². The molecule has 0 bridgehead atoms. The molecule has 0 spiro atoms. The van der Waals surface area contributed by atoms with E-state index >= 15 is 0 Å². The second kappa shape index (κ2) is 6.57. The number of rotatable bonds is 4. The van der Waals surface area contributed by atoms with Crippen molar-refractivity contribution in [3.63, 3.8) is 0 Å². The summed E-state index contributed by atoms with van der Waals surface area (Å²) < 4.78 is 5.30. The summed E-state index contributed by atoms with van der Waals surface area (Å²) in [6, 6.07) is 7.22. The molecule has 1 amide bonds. The molecule has 2 aromatic heterocycles. The number of aromatic nitrogens is 1. The molecule has 24 heavy (non-hydrogen) atoms. The summed E-state index contributed by atoms with van der Waals surface area (Å²) in [6.07, 6.45) is 0.871. The van der Waals surface area contributed by atoms with Crippen molar-refractivity contribution in [2.45, 2.75) is 26.8 Å². The molecule has 0 saturated carbocycles. The monoisotopic (exact) mass is 342 g/mol. The van der Waals surface area contributed by atoms with Crippen LogP contribution in [0.15, 0.2) is 38.9 Å². The molecule has 0 aliphatic rings. The molecule has 0 fully saturated rings. The number of carbonyl (C=O) groups is 1. The van der Waals surface area contributed by atoms with Gasteiger partial charge in [-0.1, -0.05) is 25.1 Å². The fourth-order valence-corrected chi connectivity index (χ4v) is 3.38. The number of amides is 1. The van der Waals surface area contributed by atoms with Gasteiger partial charge in [-0.05, 0) is 25.0 Å². The van der Waals surface area contributed by atoms with Gasteiger partial charge in [0.15, 0.2) is 0 Å². The largest absolute Gasteiger partial charge is 0.422 e. The quantitative estimate of drug-likeness (QED) is 0.682. The van der Waals surface area contributed by atoms with E-state index in [2.05, 4.69) is 4.98 Å².